The molecule has 0 radical (unpaired) electrons. The van der Waals surface area contributed by atoms with Crippen molar-refractivity contribution in [1.82, 2.24) is 10.2 Å². The van der Waals surface area contributed by atoms with Crippen molar-refractivity contribution < 1.29 is 9.53 Å². The minimum Gasteiger partial charge on any atom is -0.497 e. The highest BCUT2D eigenvalue weighted by molar-refractivity contribution is 7.10. The molecule has 1 atom stereocenters. The normalized spacial score (nSPS) is 16.2. The third kappa shape index (κ3) is 3.92. The second kappa shape index (κ2) is 7.62. The van der Waals surface area contributed by atoms with Crippen LogP contribution < -0.4 is 10.1 Å². The average Bonchev–Trinajstić information content (AvgIpc) is 3.29. The van der Waals surface area contributed by atoms with Gasteiger partial charge in [-0.05, 0) is 61.6 Å². The molecule has 5 heteroatoms. The van der Waals surface area contributed by atoms with Gasteiger partial charge < -0.3 is 10.1 Å². The number of methoxy groups -OCH3 is 1. The Hall–Kier alpha value is -1.85. The Labute approximate surface area is 141 Å². The SMILES string of the molecule is COc1ccc(C(=O)NC[C@H](c2cccs2)N2CCCC2)cc1. The molecule has 0 bridgehead atoms. The van der Waals surface area contributed by atoms with Crippen molar-refractivity contribution in [3.63, 3.8) is 0 Å². The van der Waals surface area contributed by atoms with Gasteiger partial charge in [-0.3, -0.25) is 9.69 Å². The average molecular weight is 330 g/mol. The van der Waals surface area contributed by atoms with E-state index in [9.17, 15) is 4.79 Å². The fourth-order valence-corrected chi connectivity index (χ4v) is 3.84. The van der Waals surface area contributed by atoms with E-state index in [-0.39, 0.29) is 11.9 Å². The van der Waals surface area contributed by atoms with Gasteiger partial charge in [-0.1, -0.05) is 6.07 Å². The van der Waals surface area contributed by atoms with E-state index in [1.54, 1.807) is 30.6 Å². The summed E-state index contributed by atoms with van der Waals surface area (Å²) in [5, 5.41) is 5.19. The van der Waals surface area contributed by atoms with Crippen LogP contribution in [0, 0.1) is 0 Å². The summed E-state index contributed by atoms with van der Waals surface area (Å²) in [5.74, 6) is 0.725. The van der Waals surface area contributed by atoms with Crippen LogP contribution in [0.1, 0.15) is 34.1 Å². The second-order valence-corrected chi connectivity index (χ2v) is 6.69. The van der Waals surface area contributed by atoms with Gasteiger partial charge >= 0.3 is 0 Å². The minimum atomic E-state index is -0.0339. The molecular formula is C18H22N2O2S. The monoisotopic (exact) mass is 330 g/mol. The van der Waals surface area contributed by atoms with Crippen molar-refractivity contribution in [2.24, 2.45) is 0 Å². The Balaban J connectivity index is 1.64. The largest absolute Gasteiger partial charge is 0.497 e. The van der Waals surface area contributed by atoms with Crippen molar-refractivity contribution >= 4 is 17.2 Å². The number of amides is 1. The van der Waals surface area contributed by atoms with Gasteiger partial charge in [0.15, 0.2) is 0 Å². The number of carbonyl (C=O) groups excluding carboxylic acids is 1. The summed E-state index contributed by atoms with van der Waals surface area (Å²) in [7, 11) is 1.62. The number of benzene rings is 1. The van der Waals surface area contributed by atoms with Crippen LogP contribution >= 0.6 is 11.3 Å². The molecule has 1 saturated heterocycles. The quantitative estimate of drug-likeness (QED) is 0.883. The molecule has 122 valence electrons. The lowest BCUT2D eigenvalue weighted by Crippen LogP contribution is -2.36. The molecule has 1 aromatic heterocycles. The number of hydrogen-bond acceptors (Lipinski definition) is 4. The van der Waals surface area contributed by atoms with E-state index in [1.807, 2.05) is 12.1 Å². The third-order valence-corrected chi connectivity index (χ3v) is 5.23. The molecule has 23 heavy (non-hydrogen) atoms. The summed E-state index contributed by atoms with van der Waals surface area (Å²) >= 11 is 1.76. The summed E-state index contributed by atoms with van der Waals surface area (Å²) in [5.41, 5.74) is 0.664. The lowest BCUT2D eigenvalue weighted by molar-refractivity contribution is 0.0938. The number of nitrogens with zero attached hydrogens (tertiary/aromatic N) is 1. The van der Waals surface area contributed by atoms with Crippen LogP contribution in [0.5, 0.6) is 5.75 Å². The first-order valence-corrected chi connectivity index (χ1v) is 8.85. The van der Waals surface area contributed by atoms with E-state index in [0.717, 1.165) is 18.8 Å². The Morgan fingerprint density at radius 3 is 2.61 bits per heavy atom. The zero-order valence-electron chi connectivity index (χ0n) is 13.3. The van der Waals surface area contributed by atoms with Gasteiger partial charge in [0.1, 0.15) is 5.75 Å². The molecule has 1 amide bonds. The number of carbonyl (C=O) groups is 1. The van der Waals surface area contributed by atoms with Crippen molar-refractivity contribution in [2.75, 3.05) is 26.7 Å². The first-order valence-electron chi connectivity index (χ1n) is 7.97. The Bertz CT molecular complexity index is 619. The van der Waals surface area contributed by atoms with E-state index >= 15 is 0 Å². The maximum Gasteiger partial charge on any atom is 0.251 e. The van der Waals surface area contributed by atoms with E-state index < -0.39 is 0 Å². The maximum absolute atomic E-state index is 12.4. The van der Waals surface area contributed by atoms with Crippen LogP contribution in [0.4, 0.5) is 0 Å². The lowest BCUT2D eigenvalue weighted by Gasteiger charge is -2.26. The summed E-state index contributed by atoms with van der Waals surface area (Å²) in [6, 6.07) is 11.7. The predicted octanol–water partition coefficient (Wildman–Crippen LogP) is 3.32. The number of rotatable bonds is 6. The number of ether oxygens (including phenoxy) is 1. The summed E-state index contributed by atoms with van der Waals surface area (Å²) in [6.07, 6.45) is 2.49. The molecule has 0 spiro atoms. The number of likely N-dealkylation sites (tertiary alicyclic amines) is 1. The highest BCUT2D eigenvalue weighted by Crippen LogP contribution is 2.27. The predicted molar refractivity (Wildman–Crippen MR) is 93.2 cm³/mol. The standard InChI is InChI=1S/C18H22N2O2S/c1-22-15-8-6-14(7-9-15)18(21)19-13-16(17-5-4-12-23-17)20-10-2-3-11-20/h4-9,12,16H,2-3,10-11,13H2,1H3,(H,19,21)/t16-/m1/s1. The Kier molecular flexibility index (Phi) is 5.31. The molecule has 1 fully saturated rings. The van der Waals surface area contributed by atoms with Gasteiger partial charge in [0.05, 0.1) is 13.2 Å². The van der Waals surface area contributed by atoms with Gasteiger partial charge in [-0.2, -0.15) is 0 Å². The van der Waals surface area contributed by atoms with E-state index in [2.05, 4.69) is 27.7 Å². The molecule has 1 N–H and O–H groups in total. The zero-order valence-corrected chi connectivity index (χ0v) is 14.1. The highest BCUT2D eigenvalue weighted by Gasteiger charge is 2.24. The van der Waals surface area contributed by atoms with Crippen LogP contribution in [0.25, 0.3) is 0 Å². The third-order valence-electron chi connectivity index (χ3n) is 4.26. The van der Waals surface area contributed by atoms with Gasteiger partial charge in [0.2, 0.25) is 0 Å². The molecule has 1 aromatic carbocycles. The molecule has 2 aromatic rings. The first kappa shape index (κ1) is 16.0. The highest BCUT2D eigenvalue weighted by atomic mass is 32.1. The van der Waals surface area contributed by atoms with E-state index in [1.165, 1.54) is 17.7 Å². The van der Waals surface area contributed by atoms with Crippen LogP contribution in [-0.2, 0) is 0 Å². The van der Waals surface area contributed by atoms with E-state index in [0.29, 0.717) is 12.1 Å². The van der Waals surface area contributed by atoms with Crippen molar-refractivity contribution in [2.45, 2.75) is 18.9 Å². The minimum absolute atomic E-state index is 0.0339. The zero-order chi connectivity index (χ0) is 16.1. The molecule has 1 aliphatic heterocycles. The number of hydrogen-bond donors (Lipinski definition) is 1. The van der Waals surface area contributed by atoms with Gasteiger partial charge in [-0.25, -0.2) is 0 Å². The van der Waals surface area contributed by atoms with Crippen LogP contribution in [0.15, 0.2) is 41.8 Å². The van der Waals surface area contributed by atoms with E-state index in [4.69, 9.17) is 4.74 Å². The smallest absolute Gasteiger partial charge is 0.251 e. The molecule has 0 aliphatic carbocycles. The summed E-state index contributed by atoms with van der Waals surface area (Å²) in [6.45, 7) is 2.87. The molecule has 3 rings (SSSR count). The summed E-state index contributed by atoms with van der Waals surface area (Å²) in [4.78, 5) is 16.2. The fourth-order valence-electron chi connectivity index (χ4n) is 2.98. The molecule has 1 aliphatic rings. The molecule has 4 nitrogen and oxygen atoms in total. The van der Waals surface area contributed by atoms with Crippen LogP contribution in [0.3, 0.4) is 0 Å². The van der Waals surface area contributed by atoms with Crippen molar-refractivity contribution in [3.05, 3.63) is 52.2 Å². The topological polar surface area (TPSA) is 41.6 Å². The molecule has 0 unspecified atom stereocenters. The molecule has 0 saturated carbocycles. The molecule has 2 heterocycles. The van der Waals surface area contributed by atoms with Gasteiger partial charge in [0.25, 0.3) is 5.91 Å². The fraction of sp³-hybridized carbons (Fsp3) is 0.389. The first-order chi connectivity index (χ1) is 11.3. The maximum atomic E-state index is 12.4. The Morgan fingerprint density at radius 1 is 1.26 bits per heavy atom. The number of nitrogens with one attached hydrogen (secondary N) is 1. The van der Waals surface area contributed by atoms with Gasteiger partial charge in [-0.15, -0.1) is 11.3 Å². The molecular weight excluding hydrogens is 308 g/mol. The second-order valence-electron chi connectivity index (χ2n) is 5.71. The van der Waals surface area contributed by atoms with Crippen LogP contribution in [0.2, 0.25) is 0 Å². The lowest BCUT2D eigenvalue weighted by atomic mass is 10.1. The van der Waals surface area contributed by atoms with Crippen molar-refractivity contribution in [1.29, 1.82) is 0 Å². The summed E-state index contributed by atoms with van der Waals surface area (Å²) < 4.78 is 5.13. The van der Waals surface area contributed by atoms with Crippen LogP contribution in [-0.4, -0.2) is 37.6 Å². The number of thiophene rings is 1. The van der Waals surface area contributed by atoms with Gasteiger partial charge in [0, 0.05) is 17.0 Å². The Morgan fingerprint density at radius 2 is 2.00 bits per heavy atom. The van der Waals surface area contributed by atoms with Crippen molar-refractivity contribution in [3.8, 4) is 5.75 Å².